The van der Waals surface area contributed by atoms with Gasteiger partial charge in [-0.3, -0.25) is 0 Å². The Morgan fingerprint density at radius 2 is 2.11 bits per heavy atom. The topological polar surface area (TPSA) is 84.1 Å². The Bertz CT molecular complexity index is 397. The van der Waals surface area contributed by atoms with Crippen molar-refractivity contribution in [2.45, 2.75) is 32.0 Å². The highest BCUT2D eigenvalue weighted by molar-refractivity contribution is 5.44. The SMILES string of the molecule is CCC(O)CCNc1cc(N)nc(C(F)(F)F)n1. The Labute approximate surface area is 102 Å². The number of hydrogen-bond acceptors (Lipinski definition) is 5. The molecule has 102 valence electrons. The summed E-state index contributed by atoms with van der Waals surface area (Å²) in [5, 5.41) is 12.0. The van der Waals surface area contributed by atoms with Gasteiger partial charge in [0, 0.05) is 12.6 Å². The molecule has 0 radical (unpaired) electrons. The van der Waals surface area contributed by atoms with Gasteiger partial charge in [-0.1, -0.05) is 6.92 Å². The molecule has 0 aliphatic heterocycles. The summed E-state index contributed by atoms with van der Waals surface area (Å²) in [7, 11) is 0. The van der Waals surface area contributed by atoms with E-state index in [9.17, 15) is 18.3 Å². The van der Waals surface area contributed by atoms with E-state index in [1.165, 1.54) is 6.07 Å². The molecule has 0 saturated heterocycles. The molecule has 0 aromatic carbocycles. The predicted octanol–water partition coefficient (Wildman–Crippen LogP) is 1.65. The first-order valence-corrected chi connectivity index (χ1v) is 5.46. The number of nitrogen functional groups attached to an aromatic ring is 1. The van der Waals surface area contributed by atoms with Crippen molar-refractivity contribution in [2.24, 2.45) is 0 Å². The molecule has 0 amide bonds. The van der Waals surface area contributed by atoms with Gasteiger partial charge < -0.3 is 16.2 Å². The van der Waals surface area contributed by atoms with Crippen LogP contribution in [0.25, 0.3) is 0 Å². The number of aliphatic hydroxyl groups is 1. The highest BCUT2D eigenvalue weighted by Gasteiger charge is 2.35. The number of rotatable bonds is 5. The highest BCUT2D eigenvalue weighted by atomic mass is 19.4. The molecule has 5 nitrogen and oxygen atoms in total. The molecule has 0 saturated carbocycles. The number of aromatic nitrogens is 2. The lowest BCUT2D eigenvalue weighted by Crippen LogP contribution is -2.16. The fourth-order valence-electron chi connectivity index (χ4n) is 1.25. The molecule has 18 heavy (non-hydrogen) atoms. The van der Waals surface area contributed by atoms with E-state index >= 15 is 0 Å². The number of nitrogens with zero attached hydrogens (tertiary/aromatic N) is 2. The van der Waals surface area contributed by atoms with E-state index in [0.29, 0.717) is 19.4 Å². The molecule has 0 aliphatic rings. The summed E-state index contributed by atoms with van der Waals surface area (Å²) in [5.74, 6) is -1.53. The van der Waals surface area contributed by atoms with Crippen LogP contribution in [0, 0.1) is 0 Å². The summed E-state index contributed by atoms with van der Waals surface area (Å²) in [5.41, 5.74) is 5.27. The van der Waals surface area contributed by atoms with Crippen molar-refractivity contribution in [1.82, 2.24) is 9.97 Å². The van der Waals surface area contributed by atoms with Crippen LogP contribution in [0.3, 0.4) is 0 Å². The second kappa shape index (κ2) is 5.85. The van der Waals surface area contributed by atoms with Gasteiger partial charge in [0.15, 0.2) is 0 Å². The summed E-state index contributed by atoms with van der Waals surface area (Å²) in [6.07, 6.45) is -4.11. The van der Waals surface area contributed by atoms with Crippen LogP contribution in [0.4, 0.5) is 24.8 Å². The zero-order valence-corrected chi connectivity index (χ0v) is 9.83. The Hall–Kier alpha value is -1.57. The van der Waals surface area contributed by atoms with Crippen LogP contribution in [0.5, 0.6) is 0 Å². The number of hydrogen-bond donors (Lipinski definition) is 3. The molecule has 0 fully saturated rings. The van der Waals surface area contributed by atoms with Crippen molar-refractivity contribution in [2.75, 3.05) is 17.6 Å². The van der Waals surface area contributed by atoms with E-state index in [2.05, 4.69) is 15.3 Å². The molecule has 1 unspecified atom stereocenters. The number of nitrogens with two attached hydrogens (primary N) is 1. The summed E-state index contributed by atoms with van der Waals surface area (Å²) < 4.78 is 37.2. The minimum Gasteiger partial charge on any atom is -0.393 e. The molecule has 1 heterocycles. The van der Waals surface area contributed by atoms with Gasteiger partial charge in [-0.15, -0.1) is 0 Å². The normalized spacial score (nSPS) is 13.4. The number of aliphatic hydroxyl groups excluding tert-OH is 1. The van der Waals surface area contributed by atoms with Crippen molar-refractivity contribution in [3.8, 4) is 0 Å². The third kappa shape index (κ3) is 4.36. The molecule has 0 bridgehead atoms. The fourth-order valence-corrected chi connectivity index (χ4v) is 1.25. The van der Waals surface area contributed by atoms with E-state index in [0.717, 1.165) is 0 Å². The first-order valence-electron chi connectivity index (χ1n) is 5.46. The van der Waals surface area contributed by atoms with E-state index < -0.39 is 18.1 Å². The van der Waals surface area contributed by atoms with Gasteiger partial charge in [0.2, 0.25) is 5.82 Å². The van der Waals surface area contributed by atoms with Crippen LogP contribution >= 0.6 is 0 Å². The summed E-state index contributed by atoms with van der Waals surface area (Å²) in [6.45, 7) is 2.12. The van der Waals surface area contributed by atoms with Crippen molar-refractivity contribution in [3.05, 3.63) is 11.9 Å². The van der Waals surface area contributed by atoms with E-state index in [-0.39, 0.29) is 11.6 Å². The van der Waals surface area contributed by atoms with Gasteiger partial charge in [0.25, 0.3) is 0 Å². The number of nitrogens with one attached hydrogen (secondary N) is 1. The summed E-state index contributed by atoms with van der Waals surface area (Å²) >= 11 is 0. The largest absolute Gasteiger partial charge is 0.451 e. The number of halogens is 3. The average molecular weight is 264 g/mol. The Morgan fingerprint density at radius 3 is 2.67 bits per heavy atom. The van der Waals surface area contributed by atoms with Crippen molar-refractivity contribution >= 4 is 11.6 Å². The molecule has 0 aliphatic carbocycles. The van der Waals surface area contributed by atoms with Gasteiger partial charge >= 0.3 is 6.18 Å². The molecule has 1 rings (SSSR count). The second-order valence-corrected chi connectivity index (χ2v) is 3.78. The van der Waals surface area contributed by atoms with Gasteiger partial charge in [-0.25, -0.2) is 9.97 Å². The Kier molecular flexibility index (Phi) is 4.71. The molecule has 0 spiro atoms. The summed E-state index contributed by atoms with van der Waals surface area (Å²) in [4.78, 5) is 6.44. The van der Waals surface area contributed by atoms with E-state index in [1.807, 2.05) is 6.92 Å². The average Bonchev–Trinajstić information content (AvgIpc) is 2.27. The quantitative estimate of drug-likeness (QED) is 0.753. The predicted molar refractivity (Wildman–Crippen MR) is 60.9 cm³/mol. The van der Waals surface area contributed by atoms with Gasteiger partial charge in [0.05, 0.1) is 6.10 Å². The van der Waals surface area contributed by atoms with Gasteiger partial charge in [-0.2, -0.15) is 13.2 Å². The fraction of sp³-hybridized carbons (Fsp3) is 0.600. The number of anilines is 2. The standard InChI is InChI=1S/C10H15F3N4O/c1-2-6(18)3-4-15-8-5-7(14)16-9(17-8)10(11,12)13/h5-6,18H,2-4H2,1H3,(H3,14,15,16,17). The zero-order chi connectivity index (χ0) is 13.8. The zero-order valence-electron chi connectivity index (χ0n) is 9.83. The third-order valence-electron chi connectivity index (χ3n) is 2.25. The molecule has 1 aromatic rings. The maximum atomic E-state index is 12.4. The smallest absolute Gasteiger partial charge is 0.393 e. The van der Waals surface area contributed by atoms with Crippen molar-refractivity contribution in [1.29, 1.82) is 0 Å². The van der Waals surface area contributed by atoms with Crippen LogP contribution in [0.1, 0.15) is 25.6 Å². The Balaban J connectivity index is 2.69. The maximum absolute atomic E-state index is 12.4. The lowest BCUT2D eigenvalue weighted by Gasteiger charge is -2.11. The third-order valence-corrected chi connectivity index (χ3v) is 2.25. The minimum absolute atomic E-state index is 0.00173. The summed E-state index contributed by atoms with van der Waals surface area (Å²) in [6, 6.07) is 1.22. The maximum Gasteiger partial charge on any atom is 0.451 e. The van der Waals surface area contributed by atoms with Crippen LogP contribution < -0.4 is 11.1 Å². The minimum atomic E-state index is -4.63. The lowest BCUT2D eigenvalue weighted by molar-refractivity contribution is -0.144. The van der Waals surface area contributed by atoms with Crippen LogP contribution in [-0.2, 0) is 6.18 Å². The molecule has 1 aromatic heterocycles. The van der Waals surface area contributed by atoms with Crippen molar-refractivity contribution < 1.29 is 18.3 Å². The van der Waals surface area contributed by atoms with Gasteiger partial charge in [-0.05, 0) is 12.8 Å². The van der Waals surface area contributed by atoms with Crippen LogP contribution in [0.2, 0.25) is 0 Å². The molecule has 4 N–H and O–H groups in total. The molecule has 8 heteroatoms. The highest BCUT2D eigenvalue weighted by Crippen LogP contribution is 2.27. The monoisotopic (exact) mass is 264 g/mol. The lowest BCUT2D eigenvalue weighted by atomic mass is 10.2. The second-order valence-electron chi connectivity index (χ2n) is 3.78. The van der Waals surface area contributed by atoms with Gasteiger partial charge in [0.1, 0.15) is 11.6 Å². The molecule has 1 atom stereocenters. The molecular formula is C10H15F3N4O. The van der Waals surface area contributed by atoms with Crippen molar-refractivity contribution in [3.63, 3.8) is 0 Å². The molecular weight excluding hydrogens is 249 g/mol. The van der Waals surface area contributed by atoms with E-state index in [1.54, 1.807) is 0 Å². The first-order chi connectivity index (χ1) is 8.32. The first kappa shape index (κ1) is 14.5. The van der Waals surface area contributed by atoms with Crippen LogP contribution in [-0.4, -0.2) is 27.7 Å². The van der Waals surface area contributed by atoms with Crippen LogP contribution in [0.15, 0.2) is 6.07 Å². The van der Waals surface area contributed by atoms with E-state index in [4.69, 9.17) is 5.73 Å². The number of alkyl halides is 3. The Morgan fingerprint density at radius 1 is 1.44 bits per heavy atom.